The number of amides is 1. The molecule has 126 valence electrons. The molecule has 1 saturated heterocycles. The largest absolute Gasteiger partial charge is 0.355 e. The number of hydrogen-bond acceptors (Lipinski definition) is 6. The SMILES string of the molecule is O=C(Nc1nc2c(s1)CCCC2)c1ccc(N2CCCCC2)nn1. The van der Waals surface area contributed by atoms with Gasteiger partial charge in [0, 0.05) is 18.0 Å². The summed E-state index contributed by atoms with van der Waals surface area (Å²) in [6.07, 6.45) is 8.16. The van der Waals surface area contributed by atoms with Crippen molar-refractivity contribution < 1.29 is 4.79 Å². The Morgan fingerprint density at radius 3 is 2.62 bits per heavy atom. The van der Waals surface area contributed by atoms with Crippen molar-refractivity contribution in [1.82, 2.24) is 15.2 Å². The number of aryl methyl sites for hydroxylation is 2. The van der Waals surface area contributed by atoms with Crippen molar-refractivity contribution in [2.24, 2.45) is 0 Å². The lowest BCUT2D eigenvalue weighted by Crippen LogP contribution is -2.30. The Balaban J connectivity index is 1.43. The third-order valence-corrected chi connectivity index (χ3v) is 5.70. The molecule has 7 heteroatoms. The summed E-state index contributed by atoms with van der Waals surface area (Å²) in [6.45, 7) is 2.04. The van der Waals surface area contributed by atoms with Gasteiger partial charge in [-0.1, -0.05) is 0 Å². The van der Waals surface area contributed by atoms with Crippen LogP contribution >= 0.6 is 11.3 Å². The van der Waals surface area contributed by atoms with Gasteiger partial charge in [0.1, 0.15) is 0 Å². The number of carbonyl (C=O) groups is 1. The highest BCUT2D eigenvalue weighted by molar-refractivity contribution is 7.15. The highest BCUT2D eigenvalue weighted by Gasteiger charge is 2.18. The van der Waals surface area contributed by atoms with E-state index in [2.05, 4.69) is 25.4 Å². The first-order valence-electron chi connectivity index (χ1n) is 8.68. The smallest absolute Gasteiger partial charge is 0.277 e. The lowest BCUT2D eigenvalue weighted by molar-refractivity contribution is 0.102. The third kappa shape index (κ3) is 3.26. The Kier molecular flexibility index (Phi) is 4.42. The normalized spacial score (nSPS) is 17.4. The molecule has 0 unspecified atom stereocenters. The molecule has 1 aliphatic heterocycles. The Hall–Kier alpha value is -2.02. The molecular formula is C17H21N5OS. The number of rotatable bonds is 3. The maximum Gasteiger partial charge on any atom is 0.277 e. The molecule has 3 heterocycles. The van der Waals surface area contributed by atoms with E-state index in [0.717, 1.165) is 37.4 Å². The molecule has 6 nitrogen and oxygen atoms in total. The van der Waals surface area contributed by atoms with Gasteiger partial charge in [-0.25, -0.2) is 4.98 Å². The third-order valence-electron chi connectivity index (χ3n) is 4.63. The van der Waals surface area contributed by atoms with Crippen LogP contribution in [-0.2, 0) is 12.8 Å². The van der Waals surface area contributed by atoms with Gasteiger partial charge in [-0.15, -0.1) is 21.5 Å². The molecule has 1 amide bonds. The first kappa shape index (κ1) is 15.5. The zero-order valence-corrected chi connectivity index (χ0v) is 14.4. The van der Waals surface area contributed by atoms with E-state index < -0.39 is 0 Å². The van der Waals surface area contributed by atoms with Crippen LogP contribution in [0, 0.1) is 0 Å². The number of thiazole rings is 1. The molecule has 2 aromatic heterocycles. The second-order valence-corrected chi connectivity index (χ2v) is 7.46. The van der Waals surface area contributed by atoms with E-state index >= 15 is 0 Å². The maximum absolute atomic E-state index is 12.4. The summed E-state index contributed by atoms with van der Waals surface area (Å²) in [4.78, 5) is 20.4. The molecular weight excluding hydrogens is 322 g/mol. The van der Waals surface area contributed by atoms with Crippen molar-refractivity contribution in [3.05, 3.63) is 28.4 Å². The van der Waals surface area contributed by atoms with Crippen LogP contribution in [0.3, 0.4) is 0 Å². The quantitative estimate of drug-likeness (QED) is 0.927. The van der Waals surface area contributed by atoms with Crippen molar-refractivity contribution in [1.29, 1.82) is 0 Å². The lowest BCUT2D eigenvalue weighted by atomic mass is 10.0. The van der Waals surface area contributed by atoms with Gasteiger partial charge in [0.05, 0.1) is 5.69 Å². The lowest BCUT2D eigenvalue weighted by Gasteiger charge is -2.27. The molecule has 0 spiro atoms. The Bertz CT molecular complexity index is 698. The first-order chi connectivity index (χ1) is 11.8. The number of carbonyl (C=O) groups excluding carboxylic acids is 1. The van der Waals surface area contributed by atoms with E-state index in [4.69, 9.17) is 0 Å². The summed E-state index contributed by atoms with van der Waals surface area (Å²) in [7, 11) is 0. The number of nitrogens with one attached hydrogen (secondary N) is 1. The maximum atomic E-state index is 12.4. The van der Waals surface area contributed by atoms with E-state index in [0.29, 0.717) is 10.8 Å². The van der Waals surface area contributed by atoms with Gasteiger partial charge in [-0.05, 0) is 57.1 Å². The highest BCUT2D eigenvalue weighted by Crippen LogP contribution is 2.29. The van der Waals surface area contributed by atoms with Gasteiger partial charge in [0.2, 0.25) is 0 Å². The van der Waals surface area contributed by atoms with Crippen molar-refractivity contribution >= 4 is 28.2 Å². The minimum Gasteiger partial charge on any atom is -0.355 e. The van der Waals surface area contributed by atoms with E-state index in [1.165, 1.54) is 37.0 Å². The van der Waals surface area contributed by atoms with Gasteiger partial charge >= 0.3 is 0 Å². The molecule has 2 aliphatic rings. The molecule has 0 radical (unpaired) electrons. The predicted molar refractivity (Wildman–Crippen MR) is 94.8 cm³/mol. The fourth-order valence-electron chi connectivity index (χ4n) is 3.30. The van der Waals surface area contributed by atoms with Crippen LogP contribution in [-0.4, -0.2) is 34.2 Å². The number of anilines is 2. The number of aromatic nitrogens is 3. The molecule has 4 rings (SSSR count). The summed E-state index contributed by atoms with van der Waals surface area (Å²) < 4.78 is 0. The van der Waals surface area contributed by atoms with Crippen LogP contribution in [0.5, 0.6) is 0 Å². The van der Waals surface area contributed by atoms with Crippen molar-refractivity contribution in [3.63, 3.8) is 0 Å². The summed E-state index contributed by atoms with van der Waals surface area (Å²) in [5, 5.41) is 11.9. The van der Waals surface area contributed by atoms with E-state index in [1.54, 1.807) is 17.4 Å². The fraction of sp³-hybridized carbons (Fsp3) is 0.529. The number of piperidine rings is 1. The summed E-state index contributed by atoms with van der Waals surface area (Å²) >= 11 is 1.58. The van der Waals surface area contributed by atoms with Gasteiger partial charge in [-0.3, -0.25) is 10.1 Å². The van der Waals surface area contributed by atoms with Crippen LogP contribution in [0.2, 0.25) is 0 Å². The second-order valence-electron chi connectivity index (χ2n) is 6.37. The Morgan fingerprint density at radius 1 is 1.04 bits per heavy atom. The van der Waals surface area contributed by atoms with E-state index in [9.17, 15) is 4.79 Å². The number of nitrogens with zero attached hydrogens (tertiary/aromatic N) is 4. The minimum absolute atomic E-state index is 0.237. The molecule has 0 saturated carbocycles. The summed E-state index contributed by atoms with van der Waals surface area (Å²) in [5.41, 5.74) is 1.48. The minimum atomic E-state index is -0.237. The Morgan fingerprint density at radius 2 is 1.88 bits per heavy atom. The van der Waals surface area contributed by atoms with Gasteiger partial charge in [0.25, 0.3) is 5.91 Å². The number of fused-ring (bicyclic) bond motifs is 1. The molecule has 24 heavy (non-hydrogen) atoms. The monoisotopic (exact) mass is 343 g/mol. The molecule has 1 fully saturated rings. The predicted octanol–water partition coefficient (Wildman–Crippen LogP) is 3.05. The summed E-state index contributed by atoms with van der Waals surface area (Å²) in [5.74, 6) is 0.620. The van der Waals surface area contributed by atoms with Gasteiger partial charge in [0.15, 0.2) is 16.6 Å². The molecule has 1 aliphatic carbocycles. The van der Waals surface area contributed by atoms with Crippen LogP contribution in [0.4, 0.5) is 10.9 Å². The molecule has 0 bridgehead atoms. The first-order valence-corrected chi connectivity index (χ1v) is 9.50. The average molecular weight is 343 g/mol. The standard InChI is InChI=1S/C17H21N5OS/c23-16(19-17-18-12-6-2-3-7-14(12)24-17)13-8-9-15(21-20-13)22-10-4-1-5-11-22/h8-9H,1-7,10-11H2,(H,18,19,23). The van der Waals surface area contributed by atoms with E-state index in [1.807, 2.05) is 6.07 Å². The second kappa shape index (κ2) is 6.84. The molecule has 0 atom stereocenters. The zero-order valence-electron chi connectivity index (χ0n) is 13.6. The highest BCUT2D eigenvalue weighted by atomic mass is 32.1. The molecule has 0 aromatic carbocycles. The van der Waals surface area contributed by atoms with Crippen LogP contribution in [0.25, 0.3) is 0 Å². The topological polar surface area (TPSA) is 71.0 Å². The van der Waals surface area contributed by atoms with E-state index in [-0.39, 0.29) is 5.91 Å². The van der Waals surface area contributed by atoms with Crippen LogP contribution in [0.15, 0.2) is 12.1 Å². The van der Waals surface area contributed by atoms with Crippen molar-refractivity contribution in [2.75, 3.05) is 23.3 Å². The van der Waals surface area contributed by atoms with Crippen LogP contribution in [0.1, 0.15) is 53.2 Å². The van der Waals surface area contributed by atoms with Gasteiger partial charge < -0.3 is 4.90 Å². The Labute approximate surface area is 145 Å². The van der Waals surface area contributed by atoms with Crippen molar-refractivity contribution in [2.45, 2.75) is 44.9 Å². The van der Waals surface area contributed by atoms with Crippen LogP contribution < -0.4 is 10.2 Å². The van der Waals surface area contributed by atoms with Gasteiger partial charge in [-0.2, -0.15) is 0 Å². The zero-order chi connectivity index (χ0) is 16.4. The fourth-order valence-corrected chi connectivity index (χ4v) is 4.35. The van der Waals surface area contributed by atoms with Crippen molar-refractivity contribution in [3.8, 4) is 0 Å². The summed E-state index contributed by atoms with van der Waals surface area (Å²) in [6, 6.07) is 3.64. The molecule has 1 N–H and O–H groups in total. The number of hydrogen-bond donors (Lipinski definition) is 1. The average Bonchev–Trinajstić information content (AvgIpc) is 3.05. The molecule has 2 aromatic rings.